The van der Waals surface area contributed by atoms with Crippen molar-refractivity contribution in [1.82, 2.24) is 5.32 Å². The molecular weight excluding hydrogens is 334 g/mol. The number of carbonyl (C=O) groups excluding carboxylic acids is 2. The summed E-state index contributed by atoms with van der Waals surface area (Å²) in [5.74, 6) is -0.286. The average molecular weight is 353 g/mol. The van der Waals surface area contributed by atoms with Crippen molar-refractivity contribution in [1.29, 1.82) is 0 Å². The second-order valence-electron chi connectivity index (χ2n) is 6.13. The van der Waals surface area contributed by atoms with Crippen LogP contribution >= 0.6 is 0 Å². The smallest absolute Gasteiger partial charge is 0.271 e. The topological polar surface area (TPSA) is 92.6 Å². The summed E-state index contributed by atoms with van der Waals surface area (Å²) in [5, 5.41) is 13.7. The van der Waals surface area contributed by atoms with E-state index < -0.39 is 4.92 Å². The molecule has 0 unspecified atom stereocenters. The molecule has 134 valence electrons. The first-order chi connectivity index (χ1) is 12.5. The van der Waals surface area contributed by atoms with Crippen LogP contribution in [0, 0.1) is 10.1 Å². The molecule has 7 heteroatoms. The zero-order valence-electron chi connectivity index (χ0n) is 14.2. The van der Waals surface area contributed by atoms with Gasteiger partial charge in [-0.05, 0) is 17.5 Å². The Morgan fingerprint density at radius 1 is 1.15 bits per heavy atom. The predicted octanol–water partition coefficient (Wildman–Crippen LogP) is 2.23. The minimum absolute atomic E-state index is 0.0281. The van der Waals surface area contributed by atoms with Gasteiger partial charge in [0.25, 0.3) is 5.69 Å². The number of hydrogen-bond donors (Lipinski definition) is 1. The lowest BCUT2D eigenvalue weighted by Gasteiger charge is -2.17. The first-order valence-corrected chi connectivity index (χ1v) is 8.43. The zero-order valence-corrected chi connectivity index (χ0v) is 14.2. The van der Waals surface area contributed by atoms with Gasteiger partial charge >= 0.3 is 0 Å². The molecule has 0 bridgehead atoms. The van der Waals surface area contributed by atoms with Crippen LogP contribution < -0.4 is 10.2 Å². The number of nitro groups is 1. The molecule has 7 nitrogen and oxygen atoms in total. The Morgan fingerprint density at radius 2 is 1.92 bits per heavy atom. The first-order valence-electron chi connectivity index (χ1n) is 8.43. The summed E-state index contributed by atoms with van der Waals surface area (Å²) in [7, 11) is 0. The van der Waals surface area contributed by atoms with E-state index in [2.05, 4.69) is 5.32 Å². The number of amides is 2. The molecule has 2 amide bonds. The van der Waals surface area contributed by atoms with E-state index in [1.807, 2.05) is 30.3 Å². The molecule has 0 saturated heterocycles. The van der Waals surface area contributed by atoms with Gasteiger partial charge in [-0.1, -0.05) is 36.4 Å². The fourth-order valence-electron chi connectivity index (χ4n) is 3.03. The second kappa shape index (κ2) is 7.77. The lowest BCUT2D eigenvalue weighted by atomic mass is 10.1. The van der Waals surface area contributed by atoms with Crippen LogP contribution in [0.5, 0.6) is 0 Å². The highest BCUT2D eigenvalue weighted by molar-refractivity contribution is 5.96. The quantitative estimate of drug-likeness (QED) is 0.637. The molecule has 1 heterocycles. The van der Waals surface area contributed by atoms with Crippen LogP contribution in [0.15, 0.2) is 48.5 Å². The van der Waals surface area contributed by atoms with Crippen molar-refractivity contribution >= 4 is 23.2 Å². The molecule has 0 spiro atoms. The average Bonchev–Trinajstić information content (AvgIpc) is 3.05. The van der Waals surface area contributed by atoms with Crippen molar-refractivity contribution in [3.05, 3.63) is 69.8 Å². The van der Waals surface area contributed by atoms with Crippen LogP contribution in [0.25, 0.3) is 0 Å². The van der Waals surface area contributed by atoms with Crippen LogP contribution in [0.3, 0.4) is 0 Å². The summed E-state index contributed by atoms with van der Waals surface area (Å²) < 4.78 is 0. The highest BCUT2D eigenvalue weighted by Crippen LogP contribution is 2.31. The van der Waals surface area contributed by atoms with Gasteiger partial charge in [0.1, 0.15) is 0 Å². The SMILES string of the molecule is O=C(Cc1ccccc1)NCCC(=O)N1CCc2ccc([N+](=O)[O-])cc21. The molecule has 1 aliphatic heterocycles. The number of non-ortho nitro benzene ring substituents is 1. The Bertz CT molecular complexity index is 836. The third-order valence-corrected chi connectivity index (χ3v) is 4.34. The van der Waals surface area contributed by atoms with Gasteiger partial charge in [-0.15, -0.1) is 0 Å². The Kier molecular flexibility index (Phi) is 5.26. The summed E-state index contributed by atoms with van der Waals surface area (Å²) in [4.78, 5) is 36.4. The van der Waals surface area contributed by atoms with Gasteiger partial charge in [0.2, 0.25) is 11.8 Å². The Labute approximate surface area is 150 Å². The standard InChI is InChI=1S/C19H19N3O4/c23-18(12-14-4-2-1-3-5-14)20-10-8-19(24)21-11-9-15-6-7-16(22(25)26)13-17(15)21/h1-7,13H,8-12H2,(H,20,23). The minimum Gasteiger partial charge on any atom is -0.355 e. The van der Waals surface area contributed by atoms with Crippen molar-refractivity contribution in [3.63, 3.8) is 0 Å². The van der Waals surface area contributed by atoms with Gasteiger partial charge in [-0.25, -0.2) is 0 Å². The number of nitro benzene ring substituents is 1. The van der Waals surface area contributed by atoms with Crippen LogP contribution in [0.2, 0.25) is 0 Å². The summed E-state index contributed by atoms with van der Waals surface area (Å²) >= 11 is 0. The Balaban J connectivity index is 1.53. The molecule has 26 heavy (non-hydrogen) atoms. The lowest BCUT2D eigenvalue weighted by Crippen LogP contribution is -2.34. The Hall–Kier alpha value is -3.22. The number of carbonyl (C=O) groups is 2. The molecule has 1 aliphatic rings. The molecule has 3 rings (SSSR count). The highest BCUT2D eigenvalue weighted by Gasteiger charge is 2.26. The van der Waals surface area contributed by atoms with Gasteiger partial charge in [-0.3, -0.25) is 19.7 Å². The highest BCUT2D eigenvalue weighted by atomic mass is 16.6. The van der Waals surface area contributed by atoms with Gasteiger partial charge in [0.05, 0.1) is 17.0 Å². The van der Waals surface area contributed by atoms with E-state index in [9.17, 15) is 19.7 Å². The molecule has 0 atom stereocenters. The molecule has 0 fully saturated rings. The summed E-state index contributed by atoms with van der Waals surface area (Å²) in [6, 6.07) is 14.0. The van der Waals surface area contributed by atoms with Gasteiger partial charge < -0.3 is 10.2 Å². The summed E-state index contributed by atoms with van der Waals surface area (Å²) in [6.07, 6.45) is 1.11. The van der Waals surface area contributed by atoms with Gasteiger partial charge in [0, 0.05) is 31.6 Å². The number of rotatable bonds is 6. The molecule has 1 N–H and O–H groups in total. The molecule has 2 aromatic rings. The largest absolute Gasteiger partial charge is 0.355 e. The lowest BCUT2D eigenvalue weighted by molar-refractivity contribution is -0.384. The normalized spacial score (nSPS) is 12.5. The Morgan fingerprint density at radius 3 is 2.65 bits per heavy atom. The van der Waals surface area contributed by atoms with Gasteiger partial charge in [-0.2, -0.15) is 0 Å². The van der Waals surface area contributed by atoms with E-state index in [4.69, 9.17) is 0 Å². The van der Waals surface area contributed by atoms with E-state index in [-0.39, 0.29) is 36.9 Å². The van der Waals surface area contributed by atoms with Crippen molar-refractivity contribution in [2.75, 3.05) is 18.0 Å². The zero-order chi connectivity index (χ0) is 18.5. The maximum Gasteiger partial charge on any atom is 0.271 e. The van der Waals surface area contributed by atoms with Gasteiger partial charge in [0.15, 0.2) is 0 Å². The monoisotopic (exact) mass is 353 g/mol. The number of nitrogens with zero attached hydrogens (tertiary/aromatic N) is 2. The minimum atomic E-state index is -0.467. The van der Waals surface area contributed by atoms with Crippen molar-refractivity contribution in [2.24, 2.45) is 0 Å². The maximum absolute atomic E-state index is 12.4. The third-order valence-electron chi connectivity index (χ3n) is 4.34. The molecule has 0 saturated carbocycles. The maximum atomic E-state index is 12.4. The van der Waals surface area contributed by atoms with Crippen LogP contribution in [-0.2, 0) is 22.4 Å². The third kappa shape index (κ3) is 4.05. The van der Waals surface area contributed by atoms with E-state index >= 15 is 0 Å². The fraction of sp³-hybridized carbons (Fsp3) is 0.263. The second-order valence-corrected chi connectivity index (χ2v) is 6.13. The van der Waals surface area contributed by atoms with Crippen LogP contribution in [0.4, 0.5) is 11.4 Å². The number of fused-ring (bicyclic) bond motifs is 1. The number of benzene rings is 2. The van der Waals surface area contributed by atoms with Crippen molar-refractivity contribution in [2.45, 2.75) is 19.3 Å². The van der Waals surface area contributed by atoms with Crippen LogP contribution in [-0.4, -0.2) is 29.8 Å². The molecule has 0 aromatic heterocycles. The summed E-state index contributed by atoms with van der Waals surface area (Å²) in [6.45, 7) is 0.749. The number of nitrogens with one attached hydrogen (secondary N) is 1. The van der Waals surface area contributed by atoms with Crippen molar-refractivity contribution < 1.29 is 14.5 Å². The van der Waals surface area contributed by atoms with E-state index in [1.165, 1.54) is 12.1 Å². The molecule has 0 radical (unpaired) electrons. The molecular formula is C19H19N3O4. The van der Waals surface area contributed by atoms with E-state index in [0.717, 1.165) is 11.1 Å². The first kappa shape index (κ1) is 17.6. The number of anilines is 1. The predicted molar refractivity (Wildman–Crippen MR) is 96.9 cm³/mol. The number of hydrogen-bond acceptors (Lipinski definition) is 4. The summed E-state index contributed by atoms with van der Waals surface area (Å²) in [5.41, 5.74) is 2.41. The molecule has 2 aromatic carbocycles. The fourth-order valence-corrected chi connectivity index (χ4v) is 3.03. The molecule has 0 aliphatic carbocycles. The van der Waals surface area contributed by atoms with Crippen LogP contribution in [0.1, 0.15) is 17.5 Å². The van der Waals surface area contributed by atoms with Crippen molar-refractivity contribution in [3.8, 4) is 0 Å². The van der Waals surface area contributed by atoms with E-state index in [0.29, 0.717) is 18.7 Å². The van der Waals surface area contributed by atoms with E-state index in [1.54, 1.807) is 11.0 Å².